The van der Waals surface area contributed by atoms with Crippen LogP contribution in [0.4, 0.5) is 4.39 Å². The van der Waals surface area contributed by atoms with E-state index in [0.717, 1.165) is 11.1 Å². The largest absolute Gasteiger partial charge is 0.496 e. The topological polar surface area (TPSA) is 35.2 Å². The maximum atomic E-state index is 14.9. The number of rotatable bonds is 4. The van der Waals surface area contributed by atoms with Crippen LogP contribution in [0.25, 0.3) is 0 Å². The summed E-state index contributed by atoms with van der Waals surface area (Å²) < 4.78 is 20.3. The van der Waals surface area contributed by atoms with E-state index in [0.29, 0.717) is 11.3 Å². The van der Waals surface area contributed by atoms with Crippen LogP contribution in [0.2, 0.25) is 0 Å². The molecule has 1 unspecified atom stereocenters. The fraction of sp³-hybridized carbons (Fsp3) is 0.571. The van der Waals surface area contributed by atoms with Gasteiger partial charge in [-0.3, -0.25) is 0 Å². The summed E-state index contributed by atoms with van der Waals surface area (Å²) in [7, 11) is 1.57. The molecule has 0 aliphatic carbocycles. The Morgan fingerprint density at radius 1 is 1.35 bits per heavy atom. The number of ether oxygens (including phenoxy) is 1. The molecule has 0 heterocycles. The van der Waals surface area contributed by atoms with Gasteiger partial charge in [0.25, 0.3) is 0 Å². The summed E-state index contributed by atoms with van der Waals surface area (Å²) in [4.78, 5) is 0. The van der Waals surface area contributed by atoms with Gasteiger partial charge in [-0.25, -0.2) is 4.39 Å². The number of hydrogen-bond acceptors (Lipinski definition) is 2. The molecule has 1 aromatic rings. The molecule has 0 saturated heterocycles. The van der Waals surface area contributed by atoms with Crippen molar-refractivity contribution in [2.24, 2.45) is 11.7 Å². The molecule has 1 aromatic carbocycles. The first-order valence-electron chi connectivity index (χ1n) is 5.92. The van der Waals surface area contributed by atoms with Crippen molar-refractivity contribution >= 4 is 0 Å². The average Bonchev–Trinajstić information content (AvgIpc) is 2.31. The molecule has 0 aliphatic rings. The summed E-state index contributed by atoms with van der Waals surface area (Å²) in [6.07, 6.45) is 0. The Labute approximate surface area is 103 Å². The standard InChI is InChI=1S/C14H22FNO/c1-9(2)14(15,8-16)12-7-6-10(3)11(4)13(12)17-5/h6-7,9H,8,16H2,1-5H3. The van der Waals surface area contributed by atoms with Crippen LogP contribution in [0, 0.1) is 19.8 Å². The first kappa shape index (κ1) is 14.0. The highest BCUT2D eigenvalue weighted by atomic mass is 19.1. The summed E-state index contributed by atoms with van der Waals surface area (Å²) in [5.41, 5.74) is 6.70. The fourth-order valence-corrected chi connectivity index (χ4v) is 2.04. The molecule has 0 aliphatic heterocycles. The van der Waals surface area contributed by atoms with Crippen molar-refractivity contribution in [3.8, 4) is 5.75 Å². The Kier molecular flexibility index (Phi) is 4.15. The van der Waals surface area contributed by atoms with Crippen LogP contribution < -0.4 is 10.5 Å². The third kappa shape index (κ3) is 2.29. The Bertz CT molecular complexity index is 403. The first-order valence-corrected chi connectivity index (χ1v) is 5.92. The minimum atomic E-state index is -1.54. The zero-order valence-electron chi connectivity index (χ0n) is 11.3. The van der Waals surface area contributed by atoms with E-state index >= 15 is 0 Å². The van der Waals surface area contributed by atoms with E-state index < -0.39 is 5.67 Å². The van der Waals surface area contributed by atoms with Gasteiger partial charge in [-0.05, 0) is 30.9 Å². The van der Waals surface area contributed by atoms with Gasteiger partial charge in [-0.15, -0.1) is 0 Å². The lowest BCUT2D eigenvalue weighted by atomic mass is 9.83. The van der Waals surface area contributed by atoms with Gasteiger partial charge >= 0.3 is 0 Å². The van der Waals surface area contributed by atoms with E-state index in [1.165, 1.54) is 0 Å². The molecule has 0 amide bonds. The van der Waals surface area contributed by atoms with Crippen molar-refractivity contribution in [1.29, 1.82) is 0 Å². The number of halogens is 1. The van der Waals surface area contributed by atoms with Crippen LogP contribution in [0.5, 0.6) is 5.75 Å². The zero-order valence-corrected chi connectivity index (χ0v) is 11.3. The molecule has 17 heavy (non-hydrogen) atoms. The van der Waals surface area contributed by atoms with Crippen molar-refractivity contribution < 1.29 is 9.13 Å². The first-order chi connectivity index (χ1) is 7.88. The highest BCUT2D eigenvalue weighted by Crippen LogP contribution is 2.40. The zero-order chi connectivity index (χ0) is 13.2. The molecule has 0 fully saturated rings. The number of aryl methyl sites for hydroxylation is 1. The summed E-state index contributed by atoms with van der Waals surface area (Å²) in [6.45, 7) is 7.56. The van der Waals surface area contributed by atoms with Crippen molar-refractivity contribution in [2.45, 2.75) is 33.4 Å². The molecule has 0 saturated carbocycles. The summed E-state index contributed by atoms with van der Waals surface area (Å²) in [6, 6.07) is 3.70. The predicted octanol–water partition coefficient (Wildman–Crippen LogP) is 3.09. The molecule has 0 bridgehead atoms. The van der Waals surface area contributed by atoms with Crippen LogP contribution in [0.3, 0.4) is 0 Å². The smallest absolute Gasteiger partial charge is 0.153 e. The van der Waals surface area contributed by atoms with Crippen molar-refractivity contribution in [1.82, 2.24) is 0 Å². The van der Waals surface area contributed by atoms with Crippen LogP contribution in [-0.4, -0.2) is 13.7 Å². The van der Waals surface area contributed by atoms with Crippen LogP contribution >= 0.6 is 0 Å². The Morgan fingerprint density at radius 3 is 2.35 bits per heavy atom. The van der Waals surface area contributed by atoms with Crippen molar-refractivity contribution in [2.75, 3.05) is 13.7 Å². The van der Waals surface area contributed by atoms with Gasteiger partial charge in [0, 0.05) is 12.1 Å². The van der Waals surface area contributed by atoms with Gasteiger partial charge < -0.3 is 10.5 Å². The Balaban J connectivity index is 3.45. The minimum absolute atomic E-state index is 0.0382. The molecule has 1 rings (SSSR count). The number of nitrogens with two attached hydrogens (primary N) is 1. The van der Waals surface area contributed by atoms with Crippen LogP contribution in [-0.2, 0) is 5.67 Å². The normalized spacial score (nSPS) is 14.8. The minimum Gasteiger partial charge on any atom is -0.496 e. The van der Waals surface area contributed by atoms with Crippen LogP contribution in [0.1, 0.15) is 30.5 Å². The number of alkyl halides is 1. The molecule has 96 valence electrons. The van der Waals surface area contributed by atoms with E-state index in [1.807, 2.05) is 33.8 Å². The van der Waals surface area contributed by atoms with E-state index in [9.17, 15) is 4.39 Å². The lowest BCUT2D eigenvalue weighted by Gasteiger charge is -2.30. The van der Waals surface area contributed by atoms with Gasteiger partial charge in [0.2, 0.25) is 0 Å². The summed E-state index contributed by atoms with van der Waals surface area (Å²) in [5.74, 6) is 0.426. The average molecular weight is 239 g/mol. The monoisotopic (exact) mass is 239 g/mol. The maximum absolute atomic E-state index is 14.9. The highest BCUT2D eigenvalue weighted by molar-refractivity contribution is 5.48. The summed E-state index contributed by atoms with van der Waals surface area (Å²) in [5, 5.41) is 0. The maximum Gasteiger partial charge on any atom is 0.153 e. The van der Waals surface area contributed by atoms with Crippen molar-refractivity contribution in [3.05, 3.63) is 28.8 Å². The molecule has 2 nitrogen and oxygen atoms in total. The third-order valence-electron chi connectivity index (χ3n) is 3.54. The van der Waals surface area contributed by atoms with Gasteiger partial charge in [0.05, 0.1) is 7.11 Å². The molecule has 0 aromatic heterocycles. The van der Waals surface area contributed by atoms with Gasteiger partial charge in [-0.1, -0.05) is 26.0 Å². The molecular formula is C14H22FNO. The second-order valence-electron chi connectivity index (χ2n) is 4.81. The molecule has 0 spiro atoms. The second kappa shape index (κ2) is 5.05. The molecule has 2 N–H and O–H groups in total. The SMILES string of the molecule is COc1c(C(F)(CN)C(C)C)ccc(C)c1C. The Hall–Kier alpha value is -1.09. The second-order valence-corrected chi connectivity index (χ2v) is 4.81. The fourth-order valence-electron chi connectivity index (χ4n) is 2.04. The molecule has 1 atom stereocenters. The Morgan fingerprint density at radius 2 is 1.94 bits per heavy atom. The van der Waals surface area contributed by atoms with E-state index in [1.54, 1.807) is 13.2 Å². The molecular weight excluding hydrogens is 217 g/mol. The predicted molar refractivity (Wildman–Crippen MR) is 69.1 cm³/mol. The van der Waals surface area contributed by atoms with Crippen molar-refractivity contribution in [3.63, 3.8) is 0 Å². The van der Waals surface area contributed by atoms with E-state index in [2.05, 4.69) is 0 Å². The van der Waals surface area contributed by atoms with Gasteiger partial charge in [-0.2, -0.15) is 0 Å². The molecule has 0 radical (unpaired) electrons. The third-order valence-corrected chi connectivity index (χ3v) is 3.54. The number of benzene rings is 1. The quantitative estimate of drug-likeness (QED) is 0.876. The van der Waals surface area contributed by atoms with E-state index in [-0.39, 0.29) is 12.5 Å². The lowest BCUT2D eigenvalue weighted by Crippen LogP contribution is -2.36. The van der Waals surface area contributed by atoms with E-state index in [4.69, 9.17) is 10.5 Å². The lowest BCUT2D eigenvalue weighted by molar-refractivity contribution is 0.105. The number of hydrogen-bond donors (Lipinski definition) is 1. The van der Waals surface area contributed by atoms with Gasteiger partial charge in [0.1, 0.15) is 5.75 Å². The van der Waals surface area contributed by atoms with Gasteiger partial charge in [0.15, 0.2) is 5.67 Å². The highest BCUT2D eigenvalue weighted by Gasteiger charge is 2.37. The van der Waals surface area contributed by atoms with Crippen LogP contribution in [0.15, 0.2) is 12.1 Å². The summed E-state index contributed by atoms with van der Waals surface area (Å²) >= 11 is 0. The molecule has 3 heteroatoms. The number of methoxy groups -OCH3 is 1.